The summed E-state index contributed by atoms with van der Waals surface area (Å²) >= 11 is 0. The van der Waals surface area contributed by atoms with Crippen LogP contribution >= 0.6 is 0 Å². The van der Waals surface area contributed by atoms with Crippen LogP contribution in [0.3, 0.4) is 0 Å². The van der Waals surface area contributed by atoms with Crippen LogP contribution in [0.25, 0.3) is 0 Å². The molecule has 0 aromatic heterocycles. The van der Waals surface area contributed by atoms with Crippen molar-refractivity contribution in [1.82, 2.24) is 5.32 Å². The van der Waals surface area contributed by atoms with Crippen molar-refractivity contribution in [2.24, 2.45) is 5.92 Å². The molecule has 1 N–H and O–H groups in total. The molecular weight excluding hydrogens is 234 g/mol. The first-order chi connectivity index (χ1) is 9.10. The van der Waals surface area contributed by atoms with E-state index in [9.17, 15) is 0 Å². The van der Waals surface area contributed by atoms with Gasteiger partial charge in [-0.3, -0.25) is 0 Å². The summed E-state index contributed by atoms with van der Waals surface area (Å²) in [5.41, 5.74) is 1.32. The van der Waals surface area contributed by atoms with E-state index in [0.717, 1.165) is 11.7 Å². The Kier molecular flexibility index (Phi) is 4.87. The topological polar surface area (TPSA) is 21.3 Å². The SMILES string of the molecule is CCC(NC(C)c1cccc(OC(C)C)c1)C1CC1. The smallest absolute Gasteiger partial charge is 0.120 e. The number of hydrogen-bond donors (Lipinski definition) is 1. The molecular formula is C17H27NO. The number of benzene rings is 1. The lowest BCUT2D eigenvalue weighted by Crippen LogP contribution is -2.32. The van der Waals surface area contributed by atoms with Crippen LogP contribution in [0.4, 0.5) is 0 Å². The summed E-state index contributed by atoms with van der Waals surface area (Å²) in [7, 11) is 0. The van der Waals surface area contributed by atoms with Gasteiger partial charge in [0.05, 0.1) is 6.10 Å². The van der Waals surface area contributed by atoms with E-state index in [1.54, 1.807) is 0 Å². The normalized spacial score (nSPS) is 18.4. The zero-order chi connectivity index (χ0) is 13.8. The number of nitrogens with one attached hydrogen (secondary N) is 1. The minimum Gasteiger partial charge on any atom is -0.491 e. The summed E-state index contributed by atoms with van der Waals surface area (Å²) in [5, 5.41) is 3.77. The number of rotatable bonds is 7. The Hall–Kier alpha value is -1.02. The van der Waals surface area contributed by atoms with Crippen molar-refractivity contribution in [1.29, 1.82) is 0 Å². The maximum absolute atomic E-state index is 5.77. The van der Waals surface area contributed by atoms with E-state index in [0.29, 0.717) is 12.1 Å². The van der Waals surface area contributed by atoms with Crippen molar-refractivity contribution in [3.05, 3.63) is 29.8 Å². The van der Waals surface area contributed by atoms with Crippen LogP contribution in [0.5, 0.6) is 5.75 Å². The van der Waals surface area contributed by atoms with E-state index in [2.05, 4.69) is 51.2 Å². The zero-order valence-electron chi connectivity index (χ0n) is 12.6. The first kappa shape index (κ1) is 14.4. The van der Waals surface area contributed by atoms with Gasteiger partial charge in [-0.05, 0) is 63.6 Å². The molecule has 1 aromatic rings. The van der Waals surface area contributed by atoms with Gasteiger partial charge in [0.15, 0.2) is 0 Å². The maximum Gasteiger partial charge on any atom is 0.120 e. The molecule has 1 fully saturated rings. The molecule has 19 heavy (non-hydrogen) atoms. The van der Waals surface area contributed by atoms with Gasteiger partial charge in [-0.15, -0.1) is 0 Å². The summed E-state index contributed by atoms with van der Waals surface area (Å²) in [6.45, 7) is 8.66. The Morgan fingerprint density at radius 1 is 1.26 bits per heavy atom. The summed E-state index contributed by atoms with van der Waals surface area (Å²) in [6.07, 6.45) is 4.24. The highest BCUT2D eigenvalue weighted by atomic mass is 16.5. The Bertz CT molecular complexity index is 398. The Morgan fingerprint density at radius 3 is 2.58 bits per heavy atom. The highest BCUT2D eigenvalue weighted by Gasteiger charge is 2.30. The highest BCUT2D eigenvalue weighted by molar-refractivity contribution is 5.30. The number of ether oxygens (including phenoxy) is 1. The third kappa shape index (κ3) is 4.24. The largest absolute Gasteiger partial charge is 0.491 e. The monoisotopic (exact) mass is 261 g/mol. The summed E-state index contributed by atoms with van der Waals surface area (Å²) in [5.74, 6) is 1.88. The molecule has 2 rings (SSSR count). The van der Waals surface area contributed by atoms with Gasteiger partial charge in [0.2, 0.25) is 0 Å². The highest BCUT2D eigenvalue weighted by Crippen LogP contribution is 2.35. The second kappa shape index (κ2) is 6.42. The van der Waals surface area contributed by atoms with E-state index >= 15 is 0 Å². The van der Waals surface area contributed by atoms with Gasteiger partial charge in [0.25, 0.3) is 0 Å². The van der Waals surface area contributed by atoms with Gasteiger partial charge < -0.3 is 10.1 Å². The lowest BCUT2D eigenvalue weighted by Gasteiger charge is -2.23. The van der Waals surface area contributed by atoms with E-state index in [1.165, 1.54) is 24.8 Å². The third-order valence-electron chi connectivity index (χ3n) is 3.82. The van der Waals surface area contributed by atoms with Gasteiger partial charge in [-0.2, -0.15) is 0 Å². The molecule has 106 valence electrons. The fourth-order valence-corrected chi connectivity index (χ4v) is 2.63. The van der Waals surface area contributed by atoms with Crippen molar-refractivity contribution in [3.63, 3.8) is 0 Å². The van der Waals surface area contributed by atoms with Crippen LogP contribution in [-0.4, -0.2) is 12.1 Å². The van der Waals surface area contributed by atoms with E-state index in [-0.39, 0.29) is 6.10 Å². The second-order valence-electron chi connectivity index (χ2n) is 5.98. The molecule has 1 aliphatic carbocycles. The van der Waals surface area contributed by atoms with Crippen LogP contribution in [-0.2, 0) is 0 Å². The Morgan fingerprint density at radius 2 is 2.00 bits per heavy atom. The predicted octanol–water partition coefficient (Wildman–Crippen LogP) is 4.31. The maximum atomic E-state index is 5.77. The van der Waals surface area contributed by atoms with Gasteiger partial charge >= 0.3 is 0 Å². The first-order valence-electron chi connectivity index (χ1n) is 7.62. The molecule has 2 heteroatoms. The molecule has 2 atom stereocenters. The van der Waals surface area contributed by atoms with Crippen molar-refractivity contribution >= 4 is 0 Å². The van der Waals surface area contributed by atoms with E-state index < -0.39 is 0 Å². The summed E-state index contributed by atoms with van der Waals surface area (Å²) in [4.78, 5) is 0. The summed E-state index contributed by atoms with van der Waals surface area (Å²) in [6, 6.07) is 9.53. The molecule has 0 amide bonds. The van der Waals surface area contributed by atoms with Crippen LogP contribution in [0.1, 0.15) is 58.6 Å². The molecule has 1 aromatic carbocycles. The first-order valence-corrected chi connectivity index (χ1v) is 7.62. The molecule has 0 radical (unpaired) electrons. The zero-order valence-corrected chi connectivity index (χ0v) is 12.6. The molecule has 2 nitrogen and oxygen atoms in total. The molecule has 0 spiro atoms. The van der Waals surface area contributed by atoms with Crippen LogP contribution in [0.2, 0.25) is 0 Å². The van der Waals surface area contributed by atoms with Crippen LogP contribution in [0, 0.1) is 5.92 Å². The molecule has 0 saturated heterocycles. The fraction of sp³-hybridized carbons (Fsp3) is 0.647. The number of hydrogen-bond acceptors (Lipinski definition) is 2. The van der Waals surface area contributed by atoms with Crippen molar-refractivity contribution in [2.45, 2.75) is 65.1 Å². The minimum atomic E-state index is 0.230. The van der Waals surface area contributed by atoms with Crippen LogP contribution in [0.15, 0.2) is 24.3 Å². The second-order valence-corrected chi connectivity index (χ2v) is 5.98. The van der Waals surface area contributed by atoms with Gasteiger partial charge in [-0.1, -0.05) is 19.1 Å². The molecule has 0 bridgehead atoms. The van der Waals surface area contributed by atoms with Crippen LogP contribution < -0.4 is 10.1 Å². The van der Waals surface area contributed by atoms with Crippen molar-refractivity contribution in [3.8, 4) is 5.75 Å². The molecule has 1 aliphatic rings. The Labute approximate surface area is 117 Å². The fourth-order valence-electron chi connectivity index (χ4n) is 2.63. The molecule has 1 saturated carbocycles. The van der Waals surface area contributed by atoms with Gasteiger partial charge in [0, 0.05) is 12.1 Å². The van der Waals surface area contributed by atoms with E-state index in [4.69, 9.17) is 4.74 Å². The Balaban J connectivity index is 1.99. The van der Waals surface area contributed by atoms with Crippen molar-refractivity contribution < 1.29 is 4.74 Å². The minimum absolute atomic E-state index is 0.230. The van der Waals surface area contributed by atoms with Gasteiger partial charge in [0.1, 0.15) is 5.75 Å². The average Bonchev–Trinajstić information content (AvgIpc) is 3.19. The lowest BCUT2D eigenvalue weighted by molar-refractivity contribution is 0.242. The third-order valence-corrected chi connectivity index (χ3v) is 3.82. The summed E-state index contributed by atoms with van der Waals surface area (Å²) < 4.78 is 5.77. The standard InChI is InChI=1S/C17H27NO/c1-5-17(14-9-10-14)18-13(4)15-7-6-8-16(11-15)19-12(2)3/h6-8,11-14,17-18H,5,9-10H2,1-4H3. The predicted molar refractivity (Wildman–Crippen MR) is 80.6 cm³/mol. The quantitative estimate of drug-likeness (QED) is 0.789. The lowest BCUT2D eigenvalue weighted by atomic mass is 10.0. The van der Waals surface area contributed by atoms with E-state index in [1.807, 2.05) is 6.07 Å². The average molecular weight is 261 g/mol. The van der Waals surface area contributed by atoms with Crippen molar-refractivity contribution in [2.75, 3.05) is 0 Å². The molecule has 2 unspecified atom stereocenters. The van der Waals surface area contributed by atoms with Gasteiger partial charge in [-0.25, -0.2) is 0 Å². The molecule has 0 aliphatic heterocycles. The molecule has 0 heterocycles.